The third-order valence-electron chi connectivity index (χ3n) is 3.92. The van der Waals surface area contributed by atoms with Gasteiger partial charge in [0.05, 0.1) is 27.8 Å². The number of carbonyl (C=O) groups is 1. The molecule has 0 aliphatic rings. The SMILES string of the molecule is CN(Cc1nc2ccccc2s1)C(=O)c1cccc2cccnc12. The summed E-state index contributed by atoms with van der Waals surface area (Å²) in [5.74, 6) is -0.0430. The number of para-hydroxylation sites is 2. The van der Waals surface area contributed by atoms with E-state index in [0.29, 0.717) is 12.1 Å². The second kappa shape index (κ2) is 6.02. The average Bonchev–Trinajstić information content (AvgIpc) is 3.02. The highest BCUT2D eigenvalue weighted by atomic mass is 32.1. The lowest BCUT2D eigenvalue weighted by Crippen LogP contribution is -2.26. The number of aromatic nitrogens is 2. The van der Waals surface area contributed by atoms with Gasteiger partial charge in [-0.15, -0.1) is 11.3 Å². The first-order valence-electron chi connectivity index (χ1n) is 7.66. The lowest BCUT2D eigenvalue weighted by molar-refractivity contribution is 0.0787. The molecule has 4 aromatic rings. The van der Waals surface area contributed by atoms with Gasteiger partial charge in [-0.25, -0.2) is 4.98 Å². The first-order valence-corrected chi connectivity index (χ1v) is 8.48. The Balaban J connectivity index is 1.63. The molecule has 0 aliphatic carbocycles. The van der Waals surface area contributed by atoms with E-state index in [1.54, 1.807) is 29.5 Å². The van der Waals surface area contributed by atoms with Crippen LogP contribution in [0.2, 0.25) is 0 Å². The van der Waals surface area contributed by atoms with Crippen molar-refractivity contribution in [2.45, 2.75) is 6.54 Å². The van der Waals surface area contributed by atoms with Crippen LogP contribution in [0.15, 0.2) is 60.8 Å². The number of thiazole rings is 1. The Morgan fingerprint density at radius 1 is 1.08 bits per heavy atom. The molecule has 0 saturated carbocycles. The first kappa shape index (κ1) is 14.8. The van der Waals surface area contributed by atoms with Crippen LogP contribution in [0.25, 0.3) is 21.1 Å². The Morgan fingerprint density at radius 2 is 1.92 bits per heavy atom. The van der Waals surface area contributed by atoms with E-state index in [1.165, 1.54) is 0 Å². The molecule has 4 rings (SSSR count). The van der Waals surface area contributed by atoms with E-state index in [9.17, 15) is 4.79 Å². The zero-order valence-electron chi connectivity index (χ0n) is 13.1. The number of rotatable bonds is 3. The molecule has 0 N–H and O–H groups in total. The van der Waals surface area contributed by atoms with Crippen LogP contribution in [0.3, 0.4) is 0 Å². The van der Waals surface area contributed by atoms with Crippen molar-refractivity contribution in [3.05, 3.63) is 71.4 Å². The number of amides is 1. The van der Waals surface area contributed by atoms with Crippen molar-refractivity contribution in [3.8, 4) is 0 Å². The van der Waals surface area contributed by atoms with Gasteiger partial charge in [0.1, 0.15) is 5.01 Å². The van der Waals surface area contributed by atoms with E-state index < -0.39 is 0 Å². The topological polar surface area (TPSA) is 46.1 Å². The average molecular weight is 333 g/mol. The molecule has 0 unspecified atom stereocenters. The Hall–Kier alpha value is -2.79. The largest absolute Gasteiger partial charge is 0.335 e. The highest BCUT2D eigenvalue weighted by Gasteiger charge is 2.17. The van der Waals surface area contributed by atoms with Crippen LogP contribution in [-0.2, 0) is 6.54 Å². The highest BCUT2D eigenvalue weighted by molar-refractivity contribution is 7.18. The van der Waals surface area contributed by atoms with E-state index in [2.05, 4.69) is 9.97 Å². The minimum atomic E-state index is -0.0430. The minimum Gasteiger partial charge on any atom is -0.335 e. The Kier molecular flexibility index (Phi) is 3.70. The summed E-state index contributed by atoms with van der Waals surface area (Å²) < 4.78 is 1.14. The number of benzene rings is 2. The summed E-state index contributed by atoms with van der Waals surface area (Å²) in [5, 5.41) is 1.90. The fourth-order valence-corrected chi connectivity index (χ4v) is 3.77. The van der Waals surface area contributed by atoms with E-state index in [1.807, 2.05) is 54.6 Å². The van der Waals surface area contributed by atoms with Crippen molar-refractivity contribution < 1.29 is 4.79 Å². The molecule has 0 aliphatic heterocycles. The van der Waals surface area contributed by atoms with Crippen LogP contribution in [0, 0.1) is 0 Å². The van der Waals surface area contributed by atoms with Crippen LogP contribution in [-0.4, -0.2) is 27.8 Å². The lowest BCUT2D eigenvalue weighted by atomic mass is 10.1. The third-order valence-corrected chi connectivity index (χ3v) is 4.94. The van der Waals surface area contributed by atoms with Crippen LogP contribution < -0.4 is 0 Å². The van der Waals surface area contributed by atoms with Crippen molar-refractivity contribution in [1.82, 2.24) is 14.9 Å². The van der Waals surface area contributed by atoms with Crippen molar-refractivity contribution in [3.63, 3.8) is 0 Å². The van der Waals surface area contributed by atoms with E-state index in [-0.39, 0.29) is 5.91 Å². The molecule has 24 heavy (non-hydrogen) atoms. The summed E-state index contributed by atoms with van der Waals surface area (Å²) in [6.45, 7) is 0.488. The van der Waals surface area contributed by atoms with Gasteiger partial charge in [0, 0.05) is 18.6 Å². The number of nitrogens with zero attached hydrogens (tertiary/aromatic N) is 3. The smallest absolute Gasteiger partial charge is 0.256 e. The summed E-state index contributed by atoms with van der Waals surface area (Å²) in [5.41, 5.74) is 2.34. The van der Waals surface area contributed by atoms with E-state index in [0.717, 1.165) is 26.1 Å². The summed E-state index contributed by atoms with van der Waals surface area (Å²) >= 11 is 1.62. The Labute approximate surface area is 143 Å². The van der Waals surface area contributed by atoms with Crippen LogP contribution in [0.1, 0.15) is 15.4 Å². The molecule has 5 heteroatoms. The quantitative estimate of drug-likeness (QED) is 0.567. The molecule has 0 saturated heterocycles. The van der Waals surface area contributed by atoms with Gasteiger partial charge in [-0.3, -0.25) is 9.78 Å². The molecular formula is C19H15N3OS. The maximum Gasteiger partial charge on any atom is 0.256 e. The fourth-order valence-electron chi connectivity index (χ4n) is 2.74. The van der Waals surface area contributed by atoms with Crippen molar-refractivity contribution in [2.24, 2.45) is 0 Å². The normalized spacial score (nSPS) is 11.0. The molecule has 0 fully saturated rings. The van der Waals surface area contributed by atoms with Gasteiger partial charge in [-0.2, -0.15) is 0 Å². The van der Waals surface area contributed by atoms with Crippen molar-refractivity contribution >= 4 is 38.4 Å². The molecule has 0 bridgehead atoms. The number of hydrogen-bond acceptors (Lipinski definition) is 4. The molecule has 118 valence electrons. The fraction of sp³-hybridized carbons (Fsp3) is 0.105. The Bertz CT molecular complexity index is 1000. The van der Waals surface area contributed by atoms with Gasteiger partial charge < -0.3 is 4.90 Å². The Morgan fingerprint density at radius 3 is 2.79 bits per heavy atom. The van der Waals surface area contributed by atoms with Gasteiger partial charge in [0.15, 0.2) is 0 Å². The molecule has 0 spiro atoms. The highest BCUT2D eigenvalue weighted by Crippen LogP contribution is 2.23. The summed E-state index contributed by atoms with van der Waals surface area (Å²) in [6.07, 6.45) is 1.71. The third kappa shape index (κ3) is 2.63. The zero-order valence-corrected chi connectivity index (χ0v) is 14.0. The van der Waals surface area contributed by atoms with Gasteiger partial charge in [0.2, 0.25) is 0 Å². The number of carbonyl (C=O) groups excluding carboxylic acids is 1. The zero-order chi connectivity index (χ0) is 16.5. The minimum absolute atomic E-state index is 0.0430. The van der Waals surface area contributed by atoms with Gasteiger partial charge in [-0.05, 0) is 24.3 Å². The monoisotopic (exact) mass is 333 g/mol. The molecule has 0 atom stereocenters. The molecular weight excluding hydrogens is 318 g/mol. The lowest BCUT2D eigenvalue weighted by Gasteiger charge is -2.16. The first-order chi connectivity index (χ1) is 11.7. The molecule has 2 aromatic heterocycles. The van der Waals surface area contributed by atoms with Crippen LogP contribution in [0.4, 0.5) is 0 Å². The summed E-state index contributed by atoms with van der Waals surface area (Å²) in [4.78, 5) is 23.5. The van der Waals surface area contributed by atoms with E-state index in [4.69, 9.17) is 0 Å². The number of fused-ring (bicyclic) bond motifs is 2. The van der Waals surface area contributed by atoms with Crippen LogP contribution in [0.5, 0.6) is 0 Å². The predicted molar refractivity (Wildman–Crippen MR) is 97.2 cm³/mol. The molecule has 1 amide bonds. The van der Waals surface area contributed by atoms with Crippen molar-refractivity contribution in [2.75, 3.05) is 7.05 Å². The summed E-state index contributed by atoms with van der Waals surface area (Å²) in [7, 11) is 1.80. The van der Waals surface area contributed by atoms with Gasteiger partial charge in [-0.1, -0.05) is 30.3 Å². The molecule has 2 aromatic carbocycles. The predicted octanol–water partition coefficient (Wildman–Crippen LogP) is 4.12. The molecule has 2 heterocycles. The standard InChI is InChI=1S/C19H15N3OS/c1-22(12-17-21-15-9-2-3-10-16(15)24-17)19(23)14-8-4-6-13-7-5-11-20-18(13)14/h2-11H,12H2,1H3. The molecule has 0 radical (unpaired) electrons. The van der Waals surface area contributed by atoms with Gasteiger partial charge >= 0.3 is 0 Å². The molecule has 4 nitrogen and oxygen atoms in total. The summed E-state index contributed by atoms with van der Waals surface area (Å²) in [6, 6.07) is 17.5. The number of hydrogen-bond donors (Lipinski definition) is 0. The second-order valence-corrected chi connectivity index (χ2v) is 6.73. The van der Waals surface area contributed by atoms with E-state index >= 15 is 0 Å². The maximum atomic E-state index is 12.8. The van der Waals surface area contributed by atoms with Gasteiger partial charge in [0.25, 0.3) is 5.91 Å². The number of pyridine rings is 1. The van der Waals surface area contributed by atoms with Crippen molar-refractivity contribution in [1.29, 1.82) is 0 Å². The van der Waals surface area contributed by atoms with Crippen LogP contribution >= 0.6 is 11.3 Å². The maximum absolute atomic E-state index is 12.8. The second-order valence-electron chi connectivity index (χ2n) is 5.62.